The summed E-state index contributed by atoms with van der Waals surface area (Å²) < 4.78 is 31.6. The Hall–Kier alpha value is -0.420. The average molecular weight is 276 g/mol. The first kappa shape index (κ1) is 15.6. The van der Waals surface area contributed by atoms with Crippen molar-refractivity contribution in [2.24, 2.45) is 11.8 Å². The zero-order valence-electron chi connectivity index (χ0n) is 11.3. The fourth-order valence-corrected chi connectivity index (χ4v) is 3.95. The second-order valence-electron chi connectivity index (χ2n) is 5.60. The SMILES string of the molecule is CCC(C)(C1CCCCC(C=O)CC1)S(=O)(=O)O. The normalized spacial score (nSPS) is 29.9. The Morgan fingerprint density at radius 1 is 1.22 bits per heavy atom. The van der Waals surface area contributed by atoms with Gasteiger partial charge < -0.3 is 4.79 Å². The maximum absolute atomic E-state index is 11.6. The first-order valence-corrected chi connectivity index (χ1v) is 8.21. The minimum Gasteiger partial charge on any atom is -0.303 e. The maximum Gasteiger partial charge on any atom is 0.270 e. The highest BCUT2D eigenvalue weighted by Crippen LogP contribution is 2.38. The topological polar surface area (TPSA) is 71.4 Å². The molecule has 0 heterocycles. The van der Waals surface area contributed by atoms with E-state index >= 15 is 0 Å². The van der Waals surface area contributed by atoms with Crippen LogP contribution in [0.25, 0.3) is 0 Å². The van der Waals surface area contributed by atoms with Gasteiger partial charge in [0.2, 0.25) is 0 Å². The molecule has 3 unspecified atom stereocenters. The molecule has 0 aromatic heterocycles. The molecule has 0 aliphatic heterocycles. The number of carbonyl (C=O) groups excluding carboxylic acids is 1. The molecule has 0 amide bonds. The highest BCUT2D eigenvalue weighted by molar-refractivity contribution is 7.87. The molecular formula is C13H24O4S. The van der Waals surface area contributed by atoms with Crippen LogP contribution in [0.15, 0.2) is 0 Å². The zero-order valence-corrected chi connectivity index (χ0v) is 12.1. The molecule has 4 nitrogen and oxygen atoms in total. The Bertz CT molecular complexity index is 376. The number of carbonyl (C=O) groups is 1. The van der Waals surface area contributed by atoms with Crippen LogP contribution >= 0.6 is 0 Å². The first-order chi connectivity index (χ1) is 8.35. The Labute approximate surface area is 110 Å². The molecule has 1 saturated carbocycles. The summed E-state index contributed by atoms with van der Waals surface area (Å²) in [5.41, 5.74) is 0. The molecule has 0 bridgehead atoms. The molecule has 106 valence electrons. The molecule has 1 aliphatic rings. The van der Waals surface area contributed by atoms with E-state index in [9.17, 15) is 17.8 Å². The minimum atomic E-state index is -4.05. The summed E-state index contributed by atoms with van der Waals surface area (Å²) in [4.78, 5) is 10.9. The molecule has 0 radical (unpaired) electrons. The van der Waals surface area contributed by atoms with Crippen LogP contribution in [0.2, 0.25) is 0 Å². The van der Waals surface area contributed by atoms with Crippen molar-refractivity contribution in [1.82, 2.24) is 0 Å². The van der Waals surface area contributed by atoms with Gasteiger partial charge in [-0.2, -0.15) is 8.42 Å². The summed E-state index contributed by atoms with van der Waals surface area (Å²) in [6.07, 6.45) is 6.44. The van der Waals surface area contributed by atoms with Gasteiger partial charge in [0.25, 0.3) is 10.1 Å². The van der Waals surface area contributed by atoms with E-state index in [1.807, 2.05) is 0 Å². The molecular weight excluding hydrogens is 252 g/mol. The van der Waals surface area contributed by atoms with E-state index in [4.69, 9.17) is 0 Å². The molecule has 3 atom stereocenters. The fourth-order valence-electron chi connectivity index (χ4n) is 2.93. The van der Waals surface area contributed by atoms with Crippen molar-refractivity contribution in [2.75, 3.05) is 0 Å². The standard InChI is InChI=1S/C13H24O4S/c1-3-13(2,18(15,16)17)12-7-5-4-6-11(10-14)8-9-12/h10-12H,3-9H2,1-2H3,(H,15,16,17). The lowest BCUT2D eigenvalue weighted by Gasteiger charge is -2.36. The molecule has 0 spiro atoms. The van der Waals surface area contributed by atoms with Gasteiger partial charge >= 0.3 is 0 Å². The van der Waals surface area contributed by atoms with Crippen molar-refractivity contribution in [1.29, 1.82) is 0 Å². The fraction of sp³-hybridized carbons (Fsp3) is 0.923. The molecule has 1 aliphatic carbocycles. The molecule has 5 heteroatoms. The van der Waals surface area contributed by atoms with Crippen molar-refractivity contribution >= 4 is 16.4 Å². The van der Waals surface area contributed by atoms with E-state index in [1.54, 1.807) is 13.8 Å². The van der Waals surface area contributed by atoms with Gasteiger partial charge in [0.05, 0.1) is 4.75 Å². The van der Waals surface area contributed by atoms with Gasteiger partial charge in [0.1, 0.15) is 6.29 Å². The van der Waals surface area contributed by atoms with E-state index in [2.05, 4.69) is 0 Å². The molecule has 1 rings (SSSR count). The maximum atomic E-state index is 11.6. The van der Waals surface area contributed by atoms with Gasteiger partial charge in [-0.05, 0) is 44.9 Å². The van der Waals surface area contributed by atoms with Crippen LogP contribution in [0.5, 0.6) is 0 Å². The van der Waals surface area contributed by atoms with Gasteiger partial charge in [-0.15, -0.1) is 0 Å². The van der Waals surface area contributed by atoms with E-state index < -0.39 is 14.9 Å². The monoisotopic (exact) mass is 276 g/mol. The number of rotatable bonds is 4. The number of hydrogen-bond donors (Lipinski definition) is 1. The predicted molar refractivity (Wildman–Crippen MR) is 71.0 cm³/mol. The van der Waals surface area contributed by atoms with Crippen molar-refractivity contribution in [3.05, 3.63) is 0 Å². The van der Waals surface area contributed by atoms with Gasteiger partial charge in [0.15, 0.2) is 0 Å². The summed E-state index contributed by atoms with van der Waals surface area (Å²) in [6.45, 7) is 3.42. The summed E-state index contributed by atoms with van der Waals surface area (Å²) in [5, 5.41) is 0. The number of hydrogen-bond acceptors (Lipinski definition) is 3. The van der Waals surface area contributed by atoms with Crippen LogP contribution in [-0.2, 0) is 14.9 Å². The molecule has 18 heavy (non-hydrogen) atoms. The molecule has 1 N–H and O–H groups in total. The average Bonchev–Trinajstić information content (AvgIpc) is 2.27. The predicted octanol–water partition coefficient (Wildman–Crippen LogP) is 2.83. The summed E-state index contributed by atoms with van der Waals surface area (Å²) in [6, 6.07) is 0. The van der Waals surface area contributed by atoms with Gasteiger partial charge in [-0.1, -0.05) is 19.8 Å². The van der Waals surface area contributed by atoms with E-state index in [0.29, 0.717) is 12.8 Å². The van der Waals surface area contributed by atoms with E-state index in [-0.39, 0.29) is 11.8 Å². The molecule has 1 fully saturated rings. The van der Waals surface area contributed by atoms with Crippen LogP contribution in [0.3, 0.4) is 0 Å². The second kappa shape index (κ2) is 6.15. The van der Waals surface area contributed by atoms with Crippen molar-refractivity contribution in [3.8, 4) is 0 Å². The van der Waals surface area contributed by atoms with Crippen molar-refractivity contribution in [2.45, 2.75) is 63.5 Å². The van der Waals surface area contributed by atoms with Crippen LogP contribution in [0.1, 0.15) is 58.8 Å². The van der Waals surface area contributed by atoms with Gasteiger partial charge in [-0.3, -0.25) is 4.55 Å². The van der Waals surface area contributed by atoms with E-state index in [1.165, 1.54) is 0 Å². The minimum absolute atomic E-state index is 0.0512. The first-order valence-electron chi connectivity index (χ1n) is 6.77. The third kappa shape index (κ3) is 3.32. The lowest BCUT2D eigenvalue weighted by Crippen LogP contribution is -2.42. The third-order valence-corrected chi connectivity index (χ3v) is 6.41. The van der Waals surface area contributed by atoms with Crippen LogP contribution in [0.4, 0.5) is 0 Å². The Morgan fingerprint density at radius 2 is 1.83 bits per heavy atom. The Morgan fingerprint density at radius 3 is 2.33 bits per heavy atom. The second-order valence-corrected chi connectivity index (χ2v) is 7.48. The lowest BCUT2D eigenvalue weighted by atomic mass is 9.78. The lowest BCUT2D eigenvalue weighted by molar-refractivity contribution is -0.111. The van der Waals surface area contributed by atoms with Crippen molar-refractivity contribution < 1.29 is 17.8 Å². The Balaban J connectivity index is 2.88. The zero-order chi connectivity index (χ0) is 13.8. The summed E-state index contributed by atoms with van der Waals surface area (Å²) in [5.74, 6) is -0.00412. The summed E-state index contributed by atoms with van der Waals surface area (Å²) >= 11 is 0. The Kier molecular flexibility index (Phi) is 5.34. The molecule has 0 aromatic rings. The van der Waals surface area contributed by atoms with Crippen molar-refractivity contribution in [3.63, 3.8) is 0 Å². The van der Waals surface area contributed by atoms with E-state index in [0.717, 1.165) is 38.4 Å². The van der Waals surface area contributed by atoms with Crippen LogP contribution in [0, 0.1) is 11.8 Å². The van der Waals surface area contributed by atoms with Crippen LogP contribution in [-0.4, -0.2) is 24.0 Å². The largest absolute Gasteiger partial charge is 0.303 e. The molecule has 0 saturated heterocycles. The van der Waals surface area contributed by atoms with Crippen LogP contribution < -0.4 is 0 Å². The molecule has 0 aromatic carbocycles. The third-order valence-electron chi connectivity index (χ3n) is 4.61. The highest BCUT2D eigenvalue weighted by atomic mass is 32.2. The quantitative estimate of drug-likeness (QED) is 0.633. The number of aldehydes is 1. The summed E-state index contributed by atoms with van der Waals surface area (Å²) in [7, 11) is -4.05. The van der Waals surface area contributed by atoms with Gasteiger partial charge in [-0.25, -0.2) is 0 Å². The van der Waals surface area contributed by atoms with Gasteiger partial charge in [0, 0.05) is 5.92 Å². The highest BCUT2D eigenvalue weighted by Gasteiger charge is 2.43. The smallest absolute Gasteiger partial charge is 0.270 e.